The first kappa shape index (κ1) is 12.0. The molecule has 0 aromatic carbocycles. The van der Waals surface area contributed by atoms with Crippen LogP contribution in [0.5, 0.6) is 0 Å². The zero-order valence-electron chi connectivity index (χ0n) is 10.3. The van der Waals surface area contributed by atoms with Crippen LogP contribution in [-0.4, -0.2) is 39.6 Å². The zero-order valence-corrected chi connectivity index (χ0v) is 10.3. The van der Waals surface area contributed by atoms with E-state index >= 15 is 0 Å². The Hall–Kier alpha value is -1.42. The molecule has 1 amide bonds. The van der Waals surface area contributed by atoms with E-state index in [9.17, 15) is 9.90 Å². The monoisotopic (exact) mass is 234 g/mol. The molecule has 1 saturated heterocycles. The molecule has 0 saturated carbocycles. The first-order chi connectivity index (χ1) is 8.06. The number of hydrogen-bond acceptors (Lipinski definition) is 3. The minimum absolute atomic E-state index is 0.0797. The van der Waals surface area contributed by atoms with Gasteiger partial charge in [0.05, 0.1) is 18.7 Å². The van der Waals surface area contributed by atoms with Crippen molar-refractivity contribution in [2.24, 2.45) is 0 Å². The molecule has 0 spiro atoms. The van der Waals surface area contributed by atoms with Crippen LogP contribution in [0.2, 0.25) is 0 Å². The lowest BCUT2D eigenvalue weighted by Gasteiger charge is -2.46. The number of carbonyl (C=O) groups excluding carboxylic acids is 1. The van der Waals surface area contributed by atoms with Gasteiger partial charge >= 0.3 is 0 Å². The van der Waals surface area contributed by atoms with Gasteiger partial charge in [-0.1, -0.05) is 19.4 Å². The van der Waals surface area contributed by atoms with Crippen LogP contribution < -0.4 is 0 Å². The maximum absolute atomic E-state index is 12.1. The lowest BCUT2D eigenvalue weighted by Crippen LogP contribution is -2.63. The first-order valence-electron chi connectivity index (χ1n) is 5.99. The molecule has 0 aliphatic carbocycles. The van der Waals surface area contributed by atoms with E-state index < -0.39 is 5.60 Å². The minimum atomic E-state index is -0.674. The lowest BCUT2D eigenvalue weighted by atomic mass is 9.89. The highest BCUT2D eigenvalue weighted by molar-refractivity contribution is 5.94. The number of aryl methyl sites for hydroxylation is 1. The van der Waals surface area contributed by atoms with Crippen LogP contribution in [0.25, 0.3) is 0 Å². The number of rotatable bonds is 3. The lowest BCUT2D eigenvalue weighted by molar-refractivity contribution is -0.0862. The number of carbonyl (C=O) groups is 1. The smallest absolute Gasteiger partial charge is 0.272 e. The fourth-order valence-corrected chi connectivity index (χ4v) is 2.29. The highest BCUT2D eigenvalue weighted by Gasteiger charge is 2.43. The number of β-amino-alcohol motifs (C(OH)–C–C–N with tert-alkyl or cyclic N) is 1. The quantitative estimate of drug-likeness (QED) is 0.859. The van der Waals surface area contributed by atoms with Crippen LogP contribution in [0.3, 0.4) is 0 Å². The van der Waals surface area contributed by atoms with Gasteiger partial charge < -0.3 is 10.0 Å². The van der Waals surface area contributed by atoms with Crippen LogP contribution in [0, 0.1) is 6.92 Å². The van der Waals surface area contributed by atoms with E-state index in [1.165, 1.54) is 0 Å². The number of aliphatic hydroxyl groups is 1. The van der Waals surface area contributed by atoms with E-state index in [2.05, 4.69) is 4.98 Å². The van der Waals surface area contributed by atoms with E-state index in [-0.39, 0.29) is 5.91 Å². The summed E-state index contributed by atoms with van der Waals surface area (Å²) in [5, 5.41) is 10.0. The number of pyridine rings is 1. The molecule has 92 valence electrons. The highest BCUT2D eigenvalue weighted by atomic mass is 16.3. The van der Waals surface area contributed by atoms with Crippen molar-refractivity contribution < 1.29 is 9.90 Å². The van der Waals surface area contributed by atoms with Crippen LogP contribution in [0.1, 0.15) is 35.8 Å². The average Bonchev–Trinajstić information content (AvgIpc) is 2.26. The molecule has 0 radical (unpaired) electrons. The summed E-state index contributed by atoms with van der Waals surface area (Å²) >= 11 is 0. The number of aromatic nitrogens is 1. The molecule has 1 aliphatic rings. The Morgan fingerprint density at radius 1 is 1.59 bits per heavy atom. The van der Waals surface area contributed by atoms with Gasteiger partial charge in [0, 0.05) is 6.20 Å². The van der Waals surface area contributed by atoms with E-state index in [1.54, 1.807) is 11.1 Å². The summed E-state index contributed by atoms with van der Waals surface area (Å²) in [6, 6.07) is 3.69. The summed E-state index contributed by atoms with van der Waals surface area (Å²) in [6.07, 6.45) is 3.30. The highest BCUT2D eigenvalue weighted by Crippen LogP contribution is 2.27. The molecule has 0 bridgehead atoms. The summed E-state index contributed by atoms with van der Waals surface area (Å²) < 4.78 is 0. The molecular formula is C13H18N2O2. The molecule has 4 nitrogen and oxygen atoms in total. The van der Waals surface area contributed by atoms with Crippen molar-refractivity contribution >= 4 is 5.91 Å². The standard InChI is InChI=1S/C13H18N2O2/c1-3-6-13(17)8-15(9-13)12(16)11-10(2)5-4-7-14-11/h4-5,7,17H,3,6,8-9H2,1-2H3. The maximum atomic E-state index is 12.1. The first-order valence-corrected chi connectivity index (χ1v) is 5.99. The second kappa shape index (κ2) is 4.45. The average molecular weight is 234 g/mol. The zero-order chi connectivity index (χ0) is 12.5. The van der Waals surface area contributed by atoms with Gasteiger partial charge in [0.15, 0.2) is 0 Å². The fourth-order valence-electron chi connectivity index (χ4n) is 2.29. The predicted molar refractivity (Wildman–Crippen MR) is 64.7 cm³/mol. The summed E-state index contributed by atoms with van der Waals surface area (Å²) in [5.74, 6) is -0.0797. The van der Waals surface area contributed by atoms with Gasteiger partial charge in [0.1, 0.15) is 5.69 Å². The number of nitrogens with zero attached hydrogens (tertiary/aromatic N) is 2. The van der Waals surface area contributed by atoms with Crippen molar-refractivity contribution in [1.82, 2.24) is 9.88 Å². The second-order valence-corrected chi connectivity index (χ2v) is 4.80. The predicted octanol–water partition coefficient (Wildman–Crippen LogP) is 1.38. The second-order valence-electron chi connectivity index (χ2n) is 4.80. The van der Waals surface area contributed by atoms with Crippen LogP contribution >= 0.6 is 0 Å². The van der Waals surface area contributed by atoms with Crippen molar-refractivity contribution in [3.05, 3.63) is 29.6 Å². The van der Waals surface area contributed by atoms with Gasteiger partial charge in [0.25, 0.3) is 5.91 Å². The van der Waals surface area contributed by atoms with E-state index in [0.29, 0.717) is 18.8 Å². The Balaban J connectivity index is 2.03. The van der Waals surface area contributed by atoms with Gasteiger partial charge in [-0.05, 0) is 25.0 Å². The van der Waals surface area contributed by atoms with Gasteiger partial charge in [0.2, 0.25) is 0 Å². The third-order valence-corrected chi connectivity index (χ3v) is 3.18. The molecule has 1 fully saturated rings. The third-order valence-electron chi connectivity index (χ3n) is 3.18. The SMILES string of the molecule is CCCC1(O)CN(C(=O)c2ncccc2C)C1. The van der Waals surface area contributed by atoms with Crippen molar-refractivity contribution in [3.63, 3.8) is 0 Å². The van der Waals surface area contributed by atoms with Crippen LogP contribution in [-0.2, 0) is 0 Å². The molecule has 4 heteroatoms. The summed E-state index contributed by atoms with van der Waals surface area (Å²) in [6.45, 7) is 4.76. The van der Waals surface area contributed by atoms with E-state index in [0.717, 1.165) is 18.4 Å². The van der Waals surface area contributed by atoms with Crippen LogP contribution in [0.15, 0.2) is 18.3 Å². The topological polar surface area (TPSA) is 53.4 Å². The van der Waals surface area contributed by atoms with Crippen molar-refractivity contribution in [2.45, 2.75) is 32.3 Å². The normalized spacial score (nSPS) is 17.7. The van der Waals surface area contributed by atoms with Gasteiger partial charge in [-0.25, -0.2) is 0 Å². The summed E-state index contributed by atoms with van der Waals surface area (Å²) in [4.78, 5) is 17.9. The molecule has 1 aliphatic heterocycles. The van der Waals surface area contributed by atoms with Gasteiger partial charge in [-0.15, -0.1) is 0 Å². The molecular weight excluding hydrogens is 216 g/mol. The van der Waals surface area contributed by atoms with Crippen molar-refractivity contribution in [2.75, 3.05) is 13.1 Å². The number of hydrogen-bond donors (Lipinski definition) is 1. The van der Waals surface area contributed by atoms with E-state index in [1.807, 2.05) is 26.0 Å². The Labute approximate surface area is 101 Å². The van der Waals surface area contributed by atoms with Gasteiger partial charge in [-0.3, -0.25) is 9.78 Å². The molecule has 1 aromatic rings. The van der Waals surface area contributed by atoms with Crippen molar-refractivity contribution in [3.8, 4) is 0 Å². The fraction of sp³-hybridized carbons (Fsp3) is 0.538. The maximum Gasteiger partial charge on any atom is 0.272 e. The number of likely N-dealkylation sites (tertiary alicyclic amines) is 1. The molecule has 17 heavy (non-hydrogen) atoms. The molecule has 2 heterocycles. The minimum Gasteiger partial charge on any atom is -0.386 e. The Bertz CT molecular complexity index is 425. The van der Waals surface area contributed by atoms with Crippen LogP contribution in [0.4, 0.5) is 0 Å². The molecule has 2 rings (SSSR count). The van der Waals surface area contributed by atoms with E-state index in [4.69, 9.17) is 0 Å². The number of amides is 1. The largest absolute Gasteiger partial charge is 0.386 e. The molecule has 1 N–H and O–H groups in total. The van der Waals surface area contributed by atoms with Crippen molar-refractivity contribution in [1.29, 1.82) is 0 Å². The Morgan fingerprint density at radius 2 is 2.29 bits per heavy atom. The summed E-state index contributed by atoms with van der Waals surface area (Å²) in [7, 11) is 0. The Morgan fingerprint density at radius 3 is 2.88 bits per heavy atom. The van der Waals surface area contributed by atoms with Gasteiger partial charge in [-0.2, -0.15) is 0 Å². The molecule has 1 aromatic heterocycles. The molecule has 0 unspecified atom stereocenters. The third kappa shape index (κ3) is 2.31. The Kier molecular flexibility index (Phi) is 3.15. The summed E-state index contributed by atoms with van der Waals surface area (Å²) in [5.41, 5.74) is 0.696. The molecule has 0 atom stereocenters.